The van der Waals surface area contributed by atoms with Gasteiger partial charge in [0.25, 0.3) is 0 Å². The number of ether oxygens (including phenoxy) is 2. The summed E-state index contributed by atoms with van der Waals surface area (Å²) < 4.78 is 11.2. The minimum atomic E-state index is -0.222. The quantitative estimate of drug-likeness (QED) is 0.847. The molecule has 6 heteroatoms. The van der Waals surface area contributed by atoms with Crippen LogP contribution in [0.5, 0.6) is 11.5 Å². The summed E-state index contributed by atoms with van der Waals surface area (Å²) in [5, 5.41) is 5.64. The fraction of sp³-hybridized carbons (Fsp3) is 0.333. The largest absolute Gasteiger partial charge is 0.486 e. The molecule has 2 aromatic rings. The van der Waals surface area contributed by atoms with Crippen molar-refractivity contribution < 1.29 is 14.3 Å². The van der Waals surface area contributed by atoms with E-state index in [1.165, 1.54) is 17.4 Å². The molecule has 1 amide bonds. The van der Waals surface area contributed by atoms with E-state index in [-0.39, 0.29) is 11.3 Å². The normalized spacial score (nSPS) is 13.9. The van der Waals surface area contributed by atoms with Crippen LogP contribution in [0.1, 0.15) is 24.4 Å². The third kappa shape index (κ3) is 3.94. The summed E-state index contributed by atoms with van der Waals surface area (Å²) in [5.74, 6) is 1.41. The Balaban J connectivity index is 1.62. The fourth-order valence-electron chi connectivity index (χ4n) is 2.40. The van der Waals surface area contributed by atoms with Crippen molar-refractivity contribution in [2.75, 3.05) is 19.8 Å². The number of amides is 1. The first-order valence-corrected chi connectivity index (χ1v) is 8.68. The van der Waals surface area contributed by atoms with Gasteiger partial charge in [0.05, 0.1) is 0 Å². The Morgan fingerprint density at radius 3 is 2.88 bits per heavy atom. The highest BCUT2D eigenvalue weighted by Gasteiger charge is 2.23. The van der Waals surface area contributed by atoms with E-state index in [1.807, 2.05) is 23.6 Å². The molecule has 0 aliphatic carbocycles. The van der Waals surface area contributed by atoms with Gasteiger partial charge in [-0.25, -0.2) is 4.98 Å². The number of aromatic nitrogens is 1. The van der Waals surface area contributed by atoms with Crippen molar-refractivity contribution in [3.05, 3.63) is 46.4 Å². The lowest BCUT2D eigenvalue weighted by Crippen LogP contribution is -2.36. The highest BCUT2D eigenvalue weighted by Crippen LogP contribution is 2.34. The van der Waals surface area contributed by atoms with Gasteiger partial charge < -0.3 is 14.8 Å². The number of nitrogens with one attached hydrogen (secondary N) is 1. The van der Waals surface area contributed by atoms with Gasteiger partial charge in [0.1, 0.15) is 18.2 Å². The average molecular weight is 344 g/mol. The predicted octanol–water partition coefficient (Wildman–Crippen LogP) is 3.02. The number of rotatable bonds is 5. The number of benzene rings is 1. The SMILES string of the molecule is CC(C)(CNC(=O)/C=C\c1nccs1)c1ccc2c(c1)OCCO2. The van der Waals surface area contributed by atoms with E-state index in [0.717, 1.165) is 22.1 Å². The summed E-state index contributed by atoms with van der Waals surface area (Å²) in [6.07, 6.45) is 4.95. The first-order valence-electron chi connectivity index (χ1n) is 7.80. The molecule has 1 aromatic heterocycles. The van der Waals surface area contributed by atoms with Crippen molar-refractivity contribution in [3.63, 3.8) is 0 Å². The summed E-state index contributed by atoms with van der Waals surface area (Å²) in [5.41, 5.74) is 0.872. The molecule has 0 saturated carbocycles. The molecule has 1 aromatic carbocycles. The second-order valence-electron chi connectivity index (χ2n) is 6.16. The molecule has 5 nitrogen and oxygen atoms in total. The molecule has 1 aliphatic rings. The summed E-state index contributed by atoms with van der Waals surface area (Å²) >= 11 is 1.49. The average Bonchev–Trinajstić information content (AvgIpc) is 3.11. The summed E-state index contributed by atoms with van der Waals surface area (Å²) in [6, 6.07) is 5.94. The van der Waals surface area contributed by atoms with Gasteiger partial charge in [0.15, 0.2) is 11.5 Å². The zero-order chi connectivity index (χ0) is 17.0. The van der Waals surface area contributed by atoms with Crippen LogP contribution in [0.4, 0.5) is 0 Å². The molecule has 1 aliphatic heterocycles. The molecule has 2 heterocycles. The lowest BCUT2D eigenvalue weighted by Gasteiger charge is -2.27. The van der Waals surface area contributed by atoms with Crippen LogP contribution in [0, 0.1) is 0 Å². The van der Waals surface area contributed by atoms with Crippen molar-refractivity contribution in [1.29, 1.82) is 0 Å². The molecular formula is C18H20N2O3S. The van der Waals surface area contributed by atoms with Crippen molar-refractivity contribution in [1.82, 2.24) is 10.3 Å². The van der Waals surface area contributed by atoms with Crippen molar-refractivity contribution in [2.45, 2.75) is 19.3 Å². The van der Waals surface area contributed by atoms with Gasteiger partial charge in [-0.1, -0.05) is 19.9 Å². The topological polar surface area (TPSA) is 60.5 Å². The molecule has 1 N–H and O–H groups in total. The highest BCUT2D eigenvalue weighted by atomic mass is 32.1. The molecular weight excluding hydrogens is 324 g/mol. The molecule has 0 atom stereocenters. The maximum atomic E-state index is 12.0. The molecule has 0 fully saturated rings. The lowest BCUT2D eigenvalue weighted by molar-refractivity contribution is -0.116. The van der Waals surface area contributed by atoms with E-state index < -0.39 is 0 Å². The zero-order valence-corrected chi connectivity index (χ0v) is 14.6. The van der Waals surface area contributed by atoms with E-state index in [2.05, 4.69) is 24.1 Å². The van der Waals surface area contributed by atoms with Gasteiger partial charge in [-0.05, 0) is 23.8 Å². The van der Waals surface area contributed by atoms with E-state index in [4.69, 9.17) is 9.47 Å². The Hall–Kier alpha value is -2.34. The van der Waals surface area contributed by atoms with Crippen molar-refractivity contribution in [2.24, 2.45) is 0 Å². The maximum Gasteiger partial charge on any atom is 0.244 e. The second kappa shape index (κ2) is 7.05. The van der Waals surface area contributed by atoms with Gasteiger partial charge >= 0.3 is 0 Å². The van der Waals surface area contributed by atoms with E-state index in [9.17, 15) is 4.79 Å². The summed E-state index contributed by atoms with van der Waals surface area (Å²) in [6.45, 7) is 5.84. The van der Waals surface area contributed by atoms with Crippen LogP contribution in [-0.2, 0) is 10.2 Å². The monoisotopic (exact) mass is 344 g/mol. The second-order valence-corrected chi connectivity index (χ2v) is 7.09. The Morgan fingerprint density at radius 1 is 1.33 bits per heavy atom. The Labute approximate surface area is 145 Å². The Bertz CT molecular complexity index is 739. The molecule has 24 heavy (non-hydrogen) atoms. The number of hydrogen-bond donors (Lipinski definition) is 1. The van der Waals surface area contributed by atoms with Crippen molar-refractivity contribution >= 4 is 23.3 Å². The van der Waals surface area contributed by atoms with Crippen LogP contribution in [0.2, 0.25) is 0 Å². The smallest absolute Gasteiger partial charge is 0.244 e. The molecule has 3 rings (SSSR count). The number of carbonyl (C=O) groups excluding carboxylic acids is 1. The highest BCUT2D eigenvalue weighted by molar-refractivity contribution is 7.10. The van der Waals surface area contributed by atoms with E-state index >= 15 is 0 Å². The molecule has 126 valence electrons. The lowest BCUT2D eigenvalue weighted by atomic mass is 9.84. The van der Waals surface area contributed by atoms with Crippen LogP contribution in [0.25, 0.3) is 6.08 Å². The molecule has 0 saturated heterocycles. The Morgan fingerprint density at radius 2 is 2.12 bits per heavy atom. The van der Waals surface area contributed by atoms with Crippen LogP contribution in [-0.4, -0.2) is 30.6 Å². The van der Waals surface area contributed by atoms with Crippen molar-refractivity contribution in [3.8, 4) is 11.5 Å². The first-order chi connectivity index (χ1) is 11.5. The van der Waals surface area contributed by atoms with Crippen LogP contribution >= 0.6 is 11.3 Å². The zero-order valence-electron chi connectivity index (χ0n) is 13.7. The third-order valence-corrected chi connectivity index (χ3v) is 4.60. The minimum absolute atomic E-state index is 0.129. The standard InChI is InChI=1S/C18H20N2O3S/c1-18(2,12-20-16(21)5-6-17-19-7-10-24-17)13-3-4-14-15(11-13)23-9-8-22-14/h3-7,10-11H,8-9,12H2,1-2H3,(H,20,21)/b6-5-. The van der Waals surface area contributed by atoms with Gasteiger partial charge in [0.2, 0.25) is 5.91 Å². The molecule has 0 spiro atoms. The molecule has 0 unspecified atom stereocenters. The minimum Gasteiger partial charge on any atom is -0.486 e. The number of nitrogens with zero attached hydrogens (tertiary/aromatic N) is 1. The first kappa shape index (κ1) is 16.5. The van der Waals surface area contributed by atoms with Gasteiger partial charge in [0, 0.05) is 29.6 Å². The molecule has 0 bridgehead atoms. The van der Waals surface area contributed by atoms with Crippen LogP contribution in [0.15, 0.2) is 35.9 Å². The van der Waals surface area contributed by atoms with Crippen LogP contribution in [0.3, 0.4) is 0 Å². The Kier molecular flexibility index (Phi) is 4.85. The number of thiazole rings is 1. The van der Waals surface area contributed by atoms with Gasteiger partial charge in [-0.15, -0.1) is 11.3 Å². The maximum absolute atomic E-state index is 12.0. The van der Waals surface area contributed by atoms with E-state index in [0.29, 0.717) is 19.8 Å². The predicted molar refractivity (Wildman–Crippen MR) is 94.6 cm³/mol. The van der Waals surface area contributed by atoms with Gasteiger partial charge in [-0.3, -0.25) is 4.79 Å². The number of hydrogen-bond acceptors (Lipinski definition) is 5. The summed E-state index contributed by atoms with van der Waals surface area (Å²) in [4.78, 5) is 16.1. The number of fused-ring (bicyclic) bond motifs is 1. The van der Waals surface area contributed by atoms with Gasteiger partial charge in [-0.2, -0.15) is 0 Å². The van der Waals surface area contributed by atoms with Crippen LogP contribution < -0.4 is 14.8 Å². The van der Waals surface area contributed by atoms with E-state index in [1.54, 1.807) is 12.3 Å². The number of carbonyl (C=O) groups is 1. The third-order valence-electron chi connectivity index (χ3n) is 3.86. The molecule has 0 radical (unpaired) electrons. The summed E-state index contributed by atoms with van der Waals surface area (Å²) in [7, 11) is 0. The fourth-order valence-corrected chi connectivity index (χ4v) is 2.93.